The number of aromatic nitrogens is 2. The molecule has 2 heterocycles. The van der Waals surface area contributed by atoms with E-state index in [-0.39, 0.29) is 0 Å². The van der Waals surface area contributed by atoms with Crippen molar-refractivity contribution in [1.29, 1.82) is 0 Å². The van der Waals surface area contributed by atoms with Gasteiger partial charge in [0.25, 0.3) is 0 Å². The summed E-state index contributed by atoms with van der Waals surface area (Å²) in [5.74, 6) is 0.317. The van der Waals surface area contributed by atoms with E-state index in [0.29, 0.717) is 5.92 Å². The van der Waals surface area contributed by atoms with Crippen molar-refractivity contribution >= 4 is 0 Å². The van der Waals surface area contributed by atoms with Crippen molar-refractivity contribution in [2.24, 2.45) is 0 Å². The van der Waals surface area contributed by atoms with E-state index >= 15 is 0 Å². The lowest BCUT2D eigenvalue weighted by molar-refractivity contribution is 0.852. The molecule has 2 heteroatoms. The molecule has 0 saturated carbocycles. The molecule has 88 valence electrons. The highest BCUT2D eigenvalue weighted by Crippen LogP contribution is 2.25. The van der Waals surface area contributed by atoms with Crippen LogP contribution in [0.4, 0.5) is 0 Å². The van der Waals surface area contributed by atoms with Crippen molar-refractivity contribution in [2.75, 3.05) is 0 Å². The summed E-state index contributed by atoms with van der Waals surface area (Å²) < 4.78 is 0. The van der Waals surface area contributed by atoms with Crippen LogP contribution in [0, 0.1) is 20.8 Å². The van der Waals surface area contributed by atoms with Gasteiger partial charge in [-0.15, -0.1) is 0 Å². The first-order valence-corrected chi connectivity index (χ1v) is 5.93. The molecule has 0 radical (unpaired) electrons. The lowest BCUT2D eigenvalue weighted by Gasteiger charge is -2.14. The fourth-order valence-electron chi connectivity index (χ4n) is 2.01. The van der Waals surface area contributed by atoms with Gasteiger partial charge in [-0.3, -0.25) is 9.97 Å². The second-order valence-corrected chi connectivity index (χ2v) is 4.65. The van der Waals surface area contributed by atoms with E-state index in [1.54, 1.807) is 0 Å². The summed E-state index contributed by atoms with van der Waals surface area (Å²) in [7, 11) is 0. The lowest BCUT2D eigenvalue weighted by atomic mass is 9.93. The number of hydrogen-bond acceptors (Lipinski definition) is 2. The van der Waals surface area contributed by atoms with Gasteiger partial charge in [-0.1, -0.05) is 6.92 Å². The fourth-order valence-corrected chi connectivity index (χ4v) is 2.01. The van der Waals surface area contributed by atoms with Gasteiger partial charge < -0.3 is 0 Å². The third-order valence-electron chi connectivity index (χ3n) is 3.37. The van der Waals surface area contributed by atoms with Crippen molar-refractivity contribution < 1.29 is 0 Å². The molecule has 0 aliphatic rings. The Morgan fingerprint density at radius 1 is 1.00 bits per heavy atom. The molecule has 17 heavy (non-hydrogen) atoms. The third kappa shape index (κ3) is 2.36. The monoisotopic (exact) mass is 226 g/mol. The van der Waals surface area contributed by atoms with E-state index in [1.807, 2.05) is 18.6 Å². The molecule has 0 aliphatic heterocycles. The normalized spacial score (nSPS) is 12.5. The van der Waals surface area contributed by atoms with Crippen molar-refractivity contribution in [1.82, 2.24) is 9.97 Å². The Kier molecular flexibility index (Phi) is 3.23. The zero-order valence-corrected chi connectivity index (χ0v) is 10.9. The van der Waals surface area contributed by atoms with Gasteiger partial charge in [-0.2, -0.15) is 0 Å². The highest BCUT2D eigenvalue weighted by atomic mass is 14.7. The van der Waals surface area contributed by atoms with E-state index < -0.39 is 0 Å². The summed E-state index contributed by atoms with van der Waals surface area (Å²) >= 11 is 0. The molecule has 0 aromatic carbocycles. The molecule has 1 unspecified atom stereocenters. The van der Waals surface area contributed by atoms with Crippen LogP contribution in [0.1, 0.15) is 40.8 Å². The molecule has 0 amide bonds. The molecule has 1 atom stereocenters. The molecule has 2 rings (SSSR count). The number of pyridine rings is 2. The molecule has 0 saturated heterocycles. The summed E-state index contributed by atoms with van der Waals surface area (Å²) in [5, 5.41) is 0. The zero-order chi connectivity index (χ0) is 12.4. The van der Waals surface area contributed by atoms with Crippen LogP contribution in [-0.4, -0.2) is 9.97 Å². The van der Waals surface area contributed by atoms with Crippen LogP contribution in [0.5, 0.6) is 0 Å². The molecule has 0 spiro atoms. The van der Waals surface area contributed by atoms with E-state index in [4.69, 9.17) is 0 Å². The van der Waals surface area contributed by atoms with Crippen molar-refractivity contribution in [3.05, 3.63) is 58.7 Å². The SMILES string of the molecule is Cc1cnc(C(C)c2ccncc2C)cc1C. The number of hydrogen-bond donors (Lipinski definition) is 0. The van der Waals surface area contributed by atoms with Crippen LogP contribution >= 0.6 is 0 Å². The maximum absolute atomic E-state index is 4.54. The van der Waals surface area contributed by atoms with Crippen molar-refractivity contribution in [3.63, 3.8) is 0 Å². The molecular weight excluding hydrogens is 208 g/mol. The summed E-state index contributed by atoms with van der Waals surface area (Å²) in [5.41, 5.74) is 6.19. The van der Waals surface area contributed by atoms with Gasteiger partial charge in [0.2, 0.25) is 0 Å². The minimum Gasteiger partial charge on any atom is -0.264 e. The van der Waals surface area contributed by atoms with Gasteiger partial charge in [-0.25, -0.2) is 0 Å². The summed E-state index contributed by atoms with van der Waals surface area (Å²) in [6.45, 7) is 8.51. The fraction of sp³-hybridized carbons (Fsp3) is 0.333. The van der Waals surface area contributed by atoms with E-state index in [9.17, 15) is 0 Å². The van der Waals surface area contributed by atoms with Crippen LogP contribution in [0.2, 0.25) is 0 Å². The van der Waals surface area contributed by atoms with Crippen molar-refractivity contribution in [2.45, 2.75) is 33.6 Å². The molecule has 2 nitrogen and oxygen atoms in total. The van der Waals surface area contributed by atoms with Crippen LogP contribution in [0.3, 0.4) is 0 Å². The van der Waals surface area contributed by atoms with Crippen LogP contribution < -0.4 is 0 Å². The highest BCUT2D eigenvalue weighted by molar-refractivity contribution is 5.34. The van der Waals surface area contributed by atoms with Gasteiger partial charge >= 0.3 is 0 Å². The molecular formula is C15H18N2. The van der Waals surface area contributed by atoms with Gasteiger partial charge in [0.1, 0.15) is 0 Å². The van der Waals surface area contributed by atoms with Gasteiger partial charge in [0.15, 0.2) is 0 Å². The lowest BCUT2D eigenvalue weighted by Crippen LogP contribution is -2.02. The first kappa shape index (κ1) is 11.8. The maximum Gasteiger partial charge on any atom is 0.0478 e. The average molecular weight is 226 g/mol. The Morgan fingerprint density at radius 2 is 1.76 bits per heavy atom. The summed E-state index contributed by atoms with van der Waals surface area (Å²) in [6.07, 6.45) is 5.71. The average Bonchev–Trinajstić information content (AvgIpc) is 2.32. The molecule has 2 aromatic rings. The number of nitrogens with zero attached hydrogens (tertiary/aromatic N) is 2. The molecule has 0 N–H and O–H groups in total. The van der Waals surface area contributed by atoms with E-state index in [0.717, 1.165) is 5.69 Å². The van der Waals surface area contributed by atoms with Crippen LogP contribution in [0.25, 0.3) is 0 Å². The quantitative estimate of drug-likeness (QED) is 0.782. The predicted molar refractivity (Wildman–Crippen MR) is 70.2 cm³/mol. The largest absolute Gasteiger partial charge is 0.264 e. The smallest absolute Gasteiger partial charge is 0.0478 e. The van der Waals surface area contributed by atoms with Crippen molar-refractivity contribution in [3.8, 4) is 0 Å². The maximum atomic E-state index is 4.54. The molecule has 0 aliphatic carbocycles. The standard InChI is InChI=1S/C15H18N2/c1-10-7-15(17-9-11(10)2)13(4)14-5-6-16-8-12(14)3/h5-9,13H,1-4H3. The second-order valence-electron chi connectivity index (χ2n) is 4.65. The number of aryl methyl sites for hydroxylation is 3. The Morgan fingerprint density at radius 3 is 2.41 bits per heavy atom. The van der Waals surface area contributed by atoms with E-state index in [1.165, 1.54) is 22.3 Å². The highest BCUT2D eigenvalue weighted by Gasteiger charge is 2.12. The molecule has 0 bridgehead atoms. The summed E-state index contributed by atoms with van der Waals surface area (Å²) in [4.78, 5) is 8.67. The zero-order valence-electron chi connectivity index (χ0n) is 10.9. The Balaban J connectivity index is 2.40. The minimum atomic E-state index is 0.317. The Hall–Kier alpha value is -1.70. The first-order valence-electron chi connectivity index (χ1n) is 5.93. The van der Waals surface area contributed by atoms with Gasteiger partial charge in [0.05, 0.1) is 0 Å². The second kappa shape index (κ2) is 4.66. The van der Waals surface area contributed by atoms with Gasteiger partial charge in [0, 0.05) is 30.2 Å². The van der Waals surface area contributed by atoms with Crippen LogP contribution in [-0.2, 0) is 0 Å². The Labute approximate surface area is 103 Å². The summed E-state index contributed by atoms with van der Waals surface area (Å²) in [6, 6.07) is 4.26. The Bertz CT molecular complexity index is 532. The first-order chi connectivity index (χ1) is 8.09. The predicted octanol–water partition coefficient (Wildman–Crippen LogP) is 3.55. The third-order valence-corrected chi connectivity index (χ3v) is 3.37. The van der Waals surface area contributed by atoms with E-state index in [2.05, 4.69) is 49.8 Å². The minimum absolute atomic E-state index is 0.317. The topological polar surface area (TPSA) is 25.8 Å². The molecule has 0 fully saturated rings. The van der Waals surface area contributed by atoms with Gasteiger partial charge in [-0.05, 0) is 55.2 Å². The van der Waals surface area contributed by atoms with Crippen LogP contribution in [0.15, 0.2) is 30.7 Å². The molecule has 2 aromatic heterocycles. The number of rotatable bonds is 2.